The van der Waals surface area contributed by atoms with Gasteiger partial charge in [-0.15, -0.1) is 32.1 Å². The van der Waals surface area contributed by atoms with Crippen LogP contribution in [-0.4, -0.2) is 53.6 Å². The summed E-state index contributed by atoms with van der Waals surface area (Å²) in [5.41, 5.74) is -4.56. The van der Waals surface area contributed by atoms with Crippen LogP contribution >= 0.6 is 11.6 Å². The highest BCUT2D eigenvalue weighted by atomic mass is 35.5. The van der Waals surface area contributed by atoms with Gasteiger partial charge in [-0.3, -0.25) is 9.36 Å². The monoisotopic (exact) mass is 436 g/mol. The molecule has 0 aliphatic heterocycles. The van der Waals surface area contributed by atoms with Gasteiger partial charge in [0.2, 0.25) is 11.8 Å². The van der Waals surface area contributed by atoms with E-state index >= 15 is 0 Å². The Hall–Kier alpha value is -3.10. The molecular formula is C12H10ClF5N4O6. The average Bonchev–Trinajstić information content (AvgIpc) is 2.98. The Morgan fingerprint density at radius 2 is 1.29 bits per heavy atom. The quantitative estimate of drug-likeness (QED) is 0.539. The van der Waals surface area contributed by atoms with Gasteiger partial charge in [-0.1, -0.05) is 0 Å². The molecule has 0 amide bonds. The molecule has 0 fully saturated rings. The number of carbonyl (C=O) groups is 2. The second kappa shape index (κ2) is 8.28. The Morgan fingerprint density at radius 3 is 1.54 bits per heavy atom. The van der Waals surface area contributed by atoms with Crippen molar-refractivity contribution >= 4 is 23.5 Å². The lowest BCUT2D eigenvalue weighted by molar-refractivity contribution is -0.276. The molecule has 0 unspecified atom stereocenters. The summed E-state index contributed by atoms with van der Waals surface area (Å²) >= 11 is 4.46. The van der Waals surface area contributed by atoms with E-state index in [-0.39, 0.29) is 11.4 Å². The molecule has 0 aromatic carbocycles. The highest BCUT2D eigenvalue weighted by molar-refractivity contribution is 6.20. The van der Waals surface area contributed by atoms with Crippen molar-refractivity contribution in [2.45, 2.75) is 11.9 Å². The molecule has 156 valence electrons. The number of aromatic nitrogens is 4. The molecule has 16 heteroatoms. The van der Waals surface area contributed by atoms with Gasteiger partial charge in [0.05, 0.1) is 0 Å². The molecule has 10 nitrogen and oxygen atoms in total. The van der Waals surface area contributed by atoms with Crippen LogP contribution in [0.2, 0.25) is 0 Å². The molecular weight excluding hydrogens is 427 g/mol. The molecule has 0 aliphatic carbocycles. The molecule has 2 heterocycles. The summed E-state index contributed by atoms with van der Waals surface area (Å²) < 4.78 is 68.1. The third-order valence-corrected chi connectivity index (χ3v) is 2.67. The number of aryl methyl sites for hydroxylation is 2. The van der Waals surface area contributed by atoms with Gasteiger partial charge in [0.15, 0.2) is 0 Å². The lowest BCUT2D eigenvalue weighted by Gasteiger charge is -2.05. The van der Waals surface area contributed by atoms with Gasteiger partial charge >= 0.3 is 23.9 Å². The van der Waals surface area contributed by atoms with Crippen LogP contribution in [0.1, 0.15) is 21.0 Å². The van der Waals surface area contributed by atoms with Gasteiger partial charge in [-0.25, -0.2) is 9.59 Å². The highest BCUT2D eigenvalue weighted by Crippen LogP contribution is 2.24. The first-order valence-corrected chi connectivity index (χ1v) is 7.03. The summed E-state index contributed by atoms with van der Waals surface area (Å²) in [6, 6.07) is 1.54. The fourth-order valence-electron chi connectivity index (χ4n) is 1.62. The molecule has 2 aromatic heterocycles. The van der Waals surface area contributed by atoms with E-state index in [9.17, 15) is 31.5 Å². The van der Waals surface area contributed by atoms with E-state index < -0.39 is 35.6 Å². The minimum Gasteiger partial charge on any atom is -0.477 e. The number of hydrogen-bond acceptors (Lipinski definition) is 6. The fraction of sp³-hybridized carbons (Fsp3) is 0.333. The zero-order valence-electron chi connectivity index (χ0n) is 13.7. The molecule has 2 N–H and O–H groups in total. The number of rotatable bonds is 5. The molecule has 0 bridgehead atoms. The fourth-order valence-corrected chi connectivity index (χ4v) is 1.70. The van der Waals surface area contributed by atoms with Crippen molar-refractivity contribution in [2.24, 2.45) is 14.1 Å². The van der Waals surface area contributed by atoms with Crippen LogP contribution in [0, 0.1) is 0 Å². The van der Waals surface area contributed by atoms with Crippen molar-refractivity contribution in [1.29, 1.82) is 0 Å². The standard InChI is InChI=1S/C6H5ClF2N2O3.C6H5F3N2O3/c2*1-11-3(5(12)13)2-4(10-11)14-6(7,8)9/h2*2H,1H3,(H,12,13). The van der Waals surface area contributed by atoms with Crippen LogP contribution in [0.3, 0.4) is 0 Å². The minimum atomic E-state index is -4.87. The van der Waals surface area contributed by atoms with E-state index in [4.69, 9.17) is 10.2 Å². The van der Waals surface area contributed by atoms with Crippen molar-refractivity contribution in [1.82, 2.24) is 19.6 Å². The van der Waals surface area contributed by atoms with Crippen LogP contribution in [0.4, 0.5) is 22.0 Å². The van der Waals surface area contributed by atoms with Crippen LogP contribution < -0.4 is 9.47 Å². The van der Waals surface area contributed by atoms with E-state index in [0.29, 0.717) is 6.07 Å². The third kappa shape index (κ3) is 7.26. The third-order valence-electron chi connectivity index (χ3n) is 2.59. The first-order chi connectivity index (χ1) is 12.6. The Labute approximate surface area is 156 Å². The van der Waals surface area contributed by atoms with Crippen LogP contribution in [-0.2, 0) is 14.1 Å². The molecule has 0 aliphatic rings. The topological polar surface area (TPSA) is 129 Å². The van der Waals surface area contributed by atoms with E-state index in [1.54, 1.807) is 0 Å². The normalized spacial score (nSPS) is 11.4. The van der Waals surface area contributed by atoms with Crippen LogP contribution in [0.5, 0.6) is 11.8 Å². The molecule has 0 atom stereocenters. The predicted octanol–water partition coefficient (Wildman–Crippen LogP) is 2.30. The maximum atomic E-state index is 12.1. The SMILES string of the molecule is Cn1nc(OC(F)(F)Cl)cc1C(=O)O.Cn1nc(OC(F)(F)F)cc1C(=O)O. The van der Waals surface area contributed by atoms with Gasteiger partial charge < -0.3 is 19.7 Å². The van der Waals surface area contributed by atoms with E-state index in [1.807, 2.05) is 0 Å². The van der Waals surface area contributed by atoms with E-state index in [0.717, 1.165) is 15.4 Å². The van der Waals surface area contributed by atoms with Crippen LogP contribution in [0.25, 0.3) is 0 Å². The zero-order valence-corrected chi connectivity index (χ0v) is 14.5. The van der Waals surface area contributed by atoms with Crippen molar-refractivity contribution < 1.29 is 51.2 Å². The predicted molar refractivity (Wildman–Crippen MR) is 78.4 cm³/mol. The summed E-state index contributed by atoms with van der Waals surface area (Å²) in [6.45, 7) is 0. The zero-order chi connectivity index (χ0) is 21.9. The van der Waals surface area contributed by atoms with Crippen molar-refractivity contribution in [3.63, 3.8) is 0 Å². The number of alkyl halides is 6. The van der Waals surface area contributed by atoms with E-state index in [2.05, 4.69) is 31.3 Å². The van der Waals surface area contributed by atoms with Gasteiger partial charge in [0, 0.05) is 37.8 Å². The summed E-state index contributed by atoms with van der Waals surface area (Å²) in [6.07, 6.45) is -4.87. The number of nitrogens with zero attached hydrogens (tertiary/aromatic N) is 4. The summed E-state index contributed by atoms with van der Waals surface area (Å²) in [5, 5.41) is 23.6. The molecule has 28 heavy (non-hydrogen) atoms. The number of halogens is 6. The molecule has 2 rings (SSSR count). The van der Waals surface area contributed by atoms with Gasteiger partial charge in [-0.2, -0.15) is 0 Å². The van der Waals surface area contributed by atoms with Gasteiger partial charge in [0.1, 0.15) is 11.4 Å². The molecule has 2 aromatic rings. The Bertz CT molecular complexity index is 790. The lowest BCUT2D eigenvalue weighted by Crippen LogP contribution is -2.17. The number of hydrogen-bond donors (Lipinski definition) is 2. The summed E-state index contributed by atoms with van der Waals surface area (Å²) in [4.78, 5) is 20.9. The van der Waals surface area contributed by atoms with E-state index in [1.165, 1.54) is 14.1 Å². The van der Waals surface area contributed by atoms with Gasteiger partial charge in [0.25, 0.3) is 0 Å². The summed E-state index contributed by atoms with van der Waals surface area (Å²) in [5.74, 6) is -4.02. The molecule has 0 saturated carbocycles. The number of aromatic carboxylic acids is 2. The van der Waals surface area contributed by atoms with Crippen molar-refractivity contribution in [3.8, 4) is 11.8 Å². The first kappa shape index (κ1) is 22.9. The highest BCUT2D eigenvalue weighted by Gasteiger charge is 2.33. The Balaban J connectivity index is 0.000000280. The van der Waals surface area contributed by atoms with Gasteiger partial charge in [-0.05, 0) is 0 Å². The molecule has 0 saturated heterocycles. The number of carboxylic acid groups (broad SMARTS) is 2. The molecule has 0 radical (unpaired) electrons. The second-order valence-corrected chi connectivity index (χ2v) is 5.13. The van der Waals surface area contributed by atoms with Crippen LogP contribution in [0.15, 0.2) is 12.1 Å². The van der Waals surface area contributed by atoms with Crippen molar-refractivity contribution in [2.75, 3.05) is 0 Å². The first-order valence-electron chi connectivity index (χ1n) is 6.65. The maximum absolute atomic E-state index is 12.1. The number of carboxylic acids is 2. The average molecular weight is 437 g/mol. The van der Waals surface area contributed by atoms with Crippen molar-refractivity contribution in [3.05, 3.63) is 23.5 Å². The summed E-state index contributed by atoms with van der Waals surface area (Å²) in [7, 11) is 2.48. The minimum absolute atomic E-state index is 0.277. The number of ether oxygens (including phenoxy) is 2. The largest absolute Gasteiger partial charge is 0.574 e. The second-order valence-electron chi connectivity index (χ2n) is 4.69. The molecule has 0 spiro atoms. The Kier molecular flexibility index (Phi) is 6.79. The lowest BCUT2D eigenvalue weighted by atomic mass is 10.4. The maximum Gasteiger partial charge on any atom is 0.574 e. The smallest absolute Gasteiger partial charge is 0.477 e. The Morgan fingerprint density at radius 1 is 0.929 bits per heavy atom.